The van der Waals surface area contributed by atoms with Gasteiger partial charge in [0.05, 0.1) is 0 Å². The maximum Gasteiger partial charge on any atom is 0.123 e. The molecule has 2 nitrogen and oxygen atoms in total. The van der Waals surface area contributed by atoms with E-state index in [9.17, 15) is 9.59 Å². The lowest BCUT2D eigenvalue weighted by atomic mass is 9.60. The van der Waals surface area contributed by atoms with Crippen molar-refractivity contribution in [3.63, 3.8) is 0 Å². The summed E-state index contributed by atoms with van der Waals surface area (Å²) in [6.07, 6.45) is 23.4. The Morgan fingerprint density at radius 3 is 2.07 bits per heavy atom. The van der Waals surface area contributed by atoms with Crippen molar-refractivity contribution in [2.24, 2.45) is 17.3 Å². The fourth-order valence-electron chi connectivity index (χ4n) is 5.80. The molecular formula is C26H44O2. The summed E-state index contributed by atoms with van der Waals surface area (Å²) in [7, 11) is 0. The third-order valence-electron chi connectivity index (χ3n) is 7.32. The molecule has 0 radical (unpaired) electrons. The average molecular weight is 389 g/mol. The van der Waals surface area contributed by atoms with Gasteiger partial charge in [-0.1, -0.05) is 82.8 Å². The van der Waals surface area contributed by atoms with Crippen LogP contribution in [-0.2, 0) is 9.59 Å². The number of carbonyl (C=O) groups is 2. The Balaban J connectivity index is 1.64. The zero-order valence-electron chi connectivity index (χ0n) is 18.6. The minimum absolute atomic E-state index is 0.273. The monoisotopic (exact) mass is 388 g/mol. The van der Waals surface area contributed by atoms with E-state index in [1.54, 1.807) is 11.1 Å². The maximum atomic E-state index is 11.7. The first-order valence-electron chi connectivity index (χ1n) is 12.2. The summed E-state index contributed by atoms with van der Waals surface area (Å²) < 4.78 is 0. The summed E-state index contributed by atoms with van der Waals surface area (Å²) in [6, 6.07) is 0. The van der Waals surface area contributed by atoms with Gasteiger partial charge in [0.15, 0.2) is 0 Å². The van der Waals surface area contributed by atoms with Crippen LogP contribution in [0.25, 0.3) is 0 Å². The highest BCUT2D eigenvalue weighted by atomic mass is 16.1. The summed E-state index contributed by atoms with van der Waals surface area (Å²) >= 11 is 0. The molecule has 0 saturated carbocycles. The quantitative estimate of drug-likeness (QED) is 0.174. The molecule has 2 heteroatoms. The van der Waals surface area contributed by atoms with Crippen molar-refractivity contribution >= 4 is 12.6 Å². The predicted molar refractivity (Wildman–Crippen MR) is 118 cm³/mol. The topological polar surface area (TPSA) is 34.1 Å². The average Bonchev–Trinajstić information content (AvgIpc) is 2.68. The van der Waals surface area contributed by atoms with Gasteiger partial charge in [-0.25, -0.2) is 0 Å². The lowest BCUT2D eigenvalue weighted by Crippen LogP contribution is -2.34. The van der Waals surface area contributed by atoms with E-state index in [1.807, 2.05) is 0 Å². The van der Waals surface area contributed by atoms with Gasteiger partial charge in [-0.05, 0) is 56.3 Å². The van der Waals surface area contributed by atoms with Crippen molar-refractivity contribution in [1.82, 2.24) is 0 Å². The van der Waals surface area contributed by atoms with Gasteiger partial charge in [-0.15, -0.1) is 0 Å². The van der Waals surface area contributed by atoms with Crippen LogP contribution < -0.4 is 0 Å². The molecule has 2 rings (SSSR count). The Kier molecular flexibility index (Phi) is 10.5. The van der Waals surface area contributed by atoms with E-state index < -0.39 is 0 Å². The molecule has 0 aliphatic heterocycles. The van der Waals surface area contributed by atoms with Gasteiger partial charge >= 0.3 is 0 Å². The standard InChI is InChI=1S/C26H44O2/c1-26(2)19-14-15-22-17-18-23(21-28)24(25(22)26)16-12-10-8-6-4-3-5-7-9-11-13-20-27/h20-21,23-24H,3-19H2,1-2H3. The third kappa shape index (κ3) is 7.16. The number of rotatable bonds is 14. The van der Waals surface area contributed by atoms with Crippen molar-refractivity contribution in [1.29, 1.82) is 0 Å². The lowest BCUT2D eigenvalue weighted by molar-refractivity contribution is -0.113. The summed E-state index contributed by atoms with van der Waals surface area (Å²) in [5.41, 5.74) is 3.72. The third-order valence-corrected chi connectivity index (χ3v) is 7.32. The number of hydrogen-bond donors (Lipinski definition) is 0. The smallest absolute Gasteiger partial charge is 0.123 e. The Morgan fingerprint density at radius 1 is 0.857 bits per heavy atom. The van der Waals surface area contributed by atoms with Crippen LogP contribution in [0.1, 0.15) is 123 Å². The van der Waals surface area contributed by atoms with Gasteiger partial charge in [0.1, 0.15) is 12.6 Å². The summed E-state index contributed by atoms with van der Waals surface area (Å²) in [4.78, 5) is 22.0. The van der Waals surface area contributed by atoms with Crippen molar-refractivity contribution in [2.45, 2.75) is 123 Å². The highest BCUT2D eigenvalue weighted by molar-refractivity contribution is 5.56. The van der Waals surface area contributed by atoms with Crippen LogP contribution in [0.2, 0.25) is 0 Å². The van der Waals surface area contributed by atoms with E-state index in [4.69, 9.17) is 0 Å². The van der Waals surface area contributed by atoms with Gasteiger partial charge in [-0.2, -0.15) is 0 Å². The van der Waals surface area contributed by atoms with Crippen molar-refractivity contribution in [3.8, 4) is 0 Å². The van der Waals surface area contributed by atoms with Crippen LogP contribution in [0.4, 0.5) is 0 Å². The Morgan fingerprint density at radius 2 is 1.46 bits per heavy atom. The fraction of sp³-hybridized carbons (Fsp3) is 0.846. The second-order valence-electron chi connectivity index (χ2n) is 9.98. The van der Waals surface area contributed by atoms with Crippen LogP contribution in [0.5, 0.6) is 0 Å². The zero-order chi connectivity index (χ0) is 20.2. The van der Waals surface area contributed by atoms with Gasteiger partial charge in [0.25, 0.3) is 0 Å². The molecular weight excluding hydrogens is 344 g/mol. The Hall–Kier alpha value is -0.920. The summed E-state index contributed by atoms with van der Waals surface area (Å²) in [5.74, 6) is 0.804. The zero-order valence-corrected chi connectivity index (χ0v) is 18.6. The van der Waals surface area contributed by atoms with Gasteiger partial charge in [-0.3, -0.25) is 0 Å². The van der Waals surface area contributed by atoms with E-state index in [0.717, 1.165) is 25.5 Å². The van der Waals surface area contributed by atoms with Crippen LogP contribution in [0.3, 0.4) is 0 Å². The molecule has 0 aromatic rings. The van der Waals surface area contributed by atoms with Crippen molar-refractivity contribution < 1.29 is 9.59 Å². The predicted octanol–water partition coefficient (Wildman–Crippen LogP) is 7.60. The minimum Gasteiger partial charge on any atom is -0.303 e. The van der Waals surface area contributed by atoms with Gasteiger partial charge < -0.3 is 9.59 Å². The van der Waals surface area contributed by atoms with Gasteiger partial charge in [0.2, 0.25) is 0 Å². The Bertz CT molecular complexity index is 503. The molecule has 0 aromatic carbocycles. The summed E-state index contributed by atoms with van der Waals surface area (Å²) in [6.45, 7) is 4.83. The molecule has 0 fully saturated rings. The van der Waals surface area contributed by atoms with Crippen molar-refractivity contribution in [3.05, 3.63) is 11.1 Å². The van der Waals surface area contributed by atoms with Gasteiger partial charge in [0, 0.05) is 12.3 Å². The molecule has 160 valence electrons. The van der Waals surface area contributed by atoms with Crippen LogP contribution in [-0.4, -0.2) is 12.6 Å². The summed E-state index contributed by atoms with van der Waals surface area (Å²) in [5, 5.41) is 0. The van der Waals surface area contributed by atoms with Crippen LogP contribution in [0, 0.1) is 17.3 Å². The molecule has 0 N–H and O–H groups in total. The SMILES string of the molecule is CC1(C)CCCC2=C1C(CCCCCCCCCCCCC=O)C(C=O)CC2. The van der Waals surface area contributed by atoms with Crippen LogP contribution in [0.15, 0.2) is 11.1 Å². The molecule has 0 heterocycles. The number of aldehydes is 2. The highest BCUT2D eigenvalue weighted by Crippen LogP contribution is 2.51. The molecule has 28 heavy (non-hydrogen) atoms. The van der Waals surface area contributed by atoms with Crippen LogP contribution >= 0.6 is 0 Å². The fourth-order valence-corrected chi connectivity index (χ4v) is 5.80. The van der Waals surface area contributed by atoms with Crippen molar-refractivity contribution in [2.75, 3.05) is 0 Å². The first-order chi connectivity index (χ1) is 13.6. The molecule has 0 aromatic heterocycles. The molecule has 2 aliphatic rings. The maximum absolute atomic E-state index is 11.7. The van der Waals surface area contributed by atoms with E-state index in [1.165, 1.54) is 96.2 Å². The number of allylic oxidation sites excluding steroid dienone is 2. The molecule has 0 bridgehead atoms. The van der Waals surface area contributed by atoms with E-state index in [2.05, 4.69) is 13.8 Å². The first-order valence-corrected chi connectivity index (χ1v) is 12.2. The second kappa shape index (κ2) is 12.6. The molecule has 2 unspecified atom stereocenters. The van der Waals surface area contributed by atoms with E-state index >= 15 is 0 Å². The Labute approximate surface area is 173 Å². The van der Waals surface area contributed by atoms with E-state index in [-0.39, 0.29) is 5.92 Å². The highest BCUT2D eigenvalue weighted by Gasteiger charge is 2.40. The largest absolute Gasteiger partial charge is 0.303 e. The number of unbranched alkanes of at least 4 members (excludes halogenated alkanes) is 10. The minimum atomic E-state index is 0.273. The molecule has 0 spiro atoms. The second-order valence-corrected chi connectivity index (χ2v) is 9.98. The van der Waals surface area contributed by atoms with E-state index in [0.29, 0.717) is 11.3 Å². The molecule has 0 amide bonds. The normalized spacial score (nSPS) is 24.1. The molecule has 2 aliphatic carbocycles. The molecule has 2 atom stereocenters. The molecule has 0 saturated heterocycles. The number of hydrogen-bond acceptors (Lipinski definition) is 2. The number of carbonyl (C=O) groups excluding carboxylic acids is 2. The first kappa shape index (κ1) is 23.4. The lowest BCUT2D eigenvalue weighted by Gasteiger charge is -2.44.